The van der Waals surface area contributed by atoms with E-state index in [0.717, 1.165) is 10.8 Å². The number of aliphatic carboxylic acids is 1. The highest BCUT2D eigenvalue weighted by Gasteiger charge is 2.30. The second-order valence-electron chi connectivity index (χ2n) is 4.83. The van der Waals surface area contributed by atoms with Crippen LogP contribution in [0.5, 0.6) is 0 Å². The van der Waals surface area contributed by atoms with Crippen molar-refractivity contribution in [2.24, 2.45) is 0 Å². The maximum Gasteiger partial charge on any atom is 0.334 e. The number of nitrogens with zero attached hydrogens (tertiary/aromatic N) is 2. The number of fused-ring (bicyclic) bond motifs is 1. The summed E-state index contributed by atoms with van der Waals surface area (Å²) in [5.41, 5.74) is 0.346. The molecule has 0 aliphatic carbocycles. The van der Waals surface area contributed by atoms with Gasteiger partial charge in [0.1, 0.15) is 5.69 Å². The van der Waals surface area contributed by atoms with E-state index >= 15 is 0 Å². The average molecular weight is 286 g/mol. The van der Waals surface area contributed by atoms with Crippen LogP contribution in [0.4, 0.5) is 0 Å². The Balaban J connectivity index is 1.92. The first-order chi connectivity index (χ1) is 10.2. The van der Waals surface area contributed by atoms with E-state index in [4.69, 9.17) is 9.84 Å². The zero-order valence-corrected chi connectivity index (χ0v) is 11.2. The molecule has 1 aliphatic rings. The summed E-state index contributed by atoms with van der Waals surface area (Å²) in [6.07, 6.45) is 0.614. The first-order valence-electron chi connectivity index (χ1n) is 6.64. The predicted molar refractivity (Wildman–Crippen MR) is 75.0 cm³/mol. The summed E-state index contributed by atoms with van der Waals surface area (Å²) < 4.78 is 5.13. The van der Waals surface area contributed by atoms with Gasteiger partial charge in [-0.2, -0.15) is 0 Å². The fourth-order valence-corrected chi connectivity index (χ4v) is 2.42. The van der Waals surface area contributed by atoms with Crippen LogP contribution in [-0.4, -0.2) is 52.7 Å². The third kappa shape index (κ3) is 2.57. The SMILES string of the molecule is O=C(O)[C@@H]1CN(C(=O)c2nccc3ccccc23)CCO1. The Morgan fingerprint density at radius 2 is 2.10 bits per heavy atom. The van der Waals surface area contributed by atoms with Crippen LogP contribution in [0.25, 0.3) is 10.8 Å². The molecule has 6 nitrogen and oxygen atoms in total. The fourth-order valence-electron chi connectivity index (χ4n) is 2.42. The molecule has 1 aromatic heterocycles. The lowest BCUT2D eigenvalue weighted by molar-refractivity contribution is -0.154. The smallest absolute Gasteiger partial charge is 0.334 e. The minimum absolute atomic E-state index is 0.0407. The van der Waals surface area contributed by atoms with Gasteiger partial charge in [0.25, 0.3) is 5.91 Å². The zero-order valence-electron chi connectivity index (χ0n) is 11.2. The van der Waals surface area contributed by atoms with Crippen molar-refractivity contribution >= 4 is 22.6 Å². The van der Waals surface area contributed by atoms with Crippen molar-refractivity contribution in [2.45, 2.75) is 6.10 Å². The van der Waals surface area contributed by atoms with Gasteiger partial charge in [-0.1, -0.05) is 24.3 Å². The number of amides is 1. The summed E-state index contributed by atoms with van der Waals surface area (Å²) in [6.45, 7) is 0.625. The maximum atomic E-state index is 12.6. The molecule has 0 unspecified atom stereocenters. The Labute approximate surface area is 121 Å². The average Bonchev–Trinajstić information content (AvgIpc) is 2.53. The Morgan fingerprint density at radius 3 is 2.90 bits per heavy atom. The number of morpholine rings is 1. The molecule has 3 rings (SSSR count). The van der Waals surface area contributed by atoms with E-state index < -0.39 is 12.1 Å². The standard InChI is InChI=1S/C15H14N2O4/c18-14(17-7-8-21-12(9-17)15(19)20)13-11-4-2-1-3-10(11)5-6-16-13/h1-6,12H,7-9H2,(H,19,20)/t12-/m0/s1. The van der Waals surface area contributed by atoms with Crippen molar-refractivity contribution < 1.29 is 19.4 Å². The van der Waals surface area contributed by atoms with Crippen molar-refractivity contribution in [3.63, 3.8) is 0 Å². The second-order valence-corrected chi connectivity index (χ2v) is 4.83. The van der Waals surface area contributed by atoms with Crippen LogP contribution in [0.3, 0.4) is 0 Å². The van der Waals surface area contributed by atoms with Gasteiger partial charge in [-0.3, -0.25) is 9.78 Å². The quantitative estimate of drug-likeness (QED) is 0.896. The molecule has 6 heteroatoms. The van der Waals surface area contributed by atoms with Crippen molar-refractivity contribution in [3.05, 3.63) is 42.2 Å². The summed E-state index contributed by atoms with van der Waals surface area (Å²) in [4.78, 5) is 29.2. The second kappa shape index (κ2) is 5.49. The summed E-state index contributed by atoms with van der Waals surface area (Å²) in [6, 6.07) is 9.33. The van der Waals surface area contributed by atoms with Crippen LogP contribution in [0, 0.1) is 0 Å². The van der Waals surface area contributed by atoms with E-state index in [-0.39, 0.29) is 19.1 Å². The van der Waals surface area contributed by atoms with Gasteiger partial charge < -0.3 is 14.7 Å². The van der Waals surface area contributed by atoms with Gasteiger partial charge in [-0.25, -0.2) is 4.79 Å². The summed E-state index contributed by atoms with van der Waals surface area (Å²) in [5, 5.41) is 10.7. The topological polar surface area (TPSA) is 79.7 Å². The van der Waals surface area contributed by atoms with Crippen molar-refractivity contribution in [3.8, 4) is 0 Å². The number of carbonyl (C=O) groups is 2. The highest BCUT2D eigenvalue weighted by Crippen LogP contribution is 2.19. The number of aromatic nitrogens is 1. The molecule has 1 amide bonds. The van der Waals surface area contributed by atoms with Gasteiger partial charge in [0.15, 0.2) is 6.10 Å². The van der Waals surface area contributed by atoms with Crippen LogP contribution >= 0.6 is 0 Å². The molecule has 2 heterocycles. The molecule has 1 saturated heterocycles. The van der Waals surface area contributed by atoms with Crippen molar-refractivity contribution in [1.29, 1.82) is 0 Å². The number of carboxylic acid groups (broad SMARTS) is 1. The van der Waals surface area contributed by atoms with Crippen LogP contribution < -0.4 is 0 Å². The highest BCUT2D eigenvalue weighted by atomic mass is 16.5. The van der Waals surface area contributed by atoms with Crippen molar-refractivity contribution in [1.82, 2.24) is 9.88 Å². The Kier molecular flexibility index (Phi) is 3.53. The van der Waals surface area contributed by atoms with E-state index in [9.17, 15) is 9.59 Å². The van der Waals surface area contributed by atoms with E-state index in [0.29, 0.717) is 12.2 Å². The molecular weight excluding hydrogens is 272 g/mol. The summed E-state index contributed by atoms with van der Waals surface area (Å²) >= 11 is 0. The van der Waals surface area contributed by atoms with Crippen LogP contribution in [0.15, 0.2) is 36.5 Å². The molecule has 0 bridgehead atoms. The maximum absolute atomic E-state index is 12.6. The Bertz CT molecular complexity index is 696. The van der Waals surface area contributed by atoms with E-state index in [1.807, 2.05) is 30.3 Å². The monoisotopic (exact) mass is 286 g/mol. The first kappa shape index (κ1) is 13.5. The fraction of sp³-hybridized carbons (Fsp3) is 0.267. The molecular formula is C15H14N2O4. The lowest BCUT2D eigenvalue weighted by Crippen LogP contribution is -2.48. The largest absolute Gasteiger partial charge is 0.479 e. The number of hydrogen-bond acceptors (Lipinski definition) is 4. The molecule has 0 saturated carbocycles. The third-order valence-corrected chi connectivity index (χ3v) is 3.51. The van der Waals surface area contributed by atoms with Crippen LogP contribution in [0.1, 0.15) is 10.5 Å². The molecule has 1 aliphatic heterocycles. The number of carboxylic acids is 1. The number of benzene rings is 1. The molecule has 108 valence electrons. The van der Waals surface area contributed by atoms with Gasteiger partial charge >= 0.3 is 5.97 Å². The van der Waals surface area contributed by atoms with E-state index in [1.165, 1.54) is 4.90 Å². The third-order valence-electron chi connectivity index (χ3n) is 3.51. The molecule has 0 radical (unpaired) electrons. The predicted octanol–water partition coefficient (Wildman–Crippen LogP) is 1.16. The van der Waals surface area contributed by atoms with Gasteiger partial charge in [-0.15, -0.1) is 0 Å². The zero-order chi connectivity index (χ0) is 14.8. The molecule has 1 fully saturated rings. The van der Waals surface area contributed by atoms with E-state index in [1.54, 1.807) is 6.20 Å². The highest BCUT2D eigenvalue weighted by molar-refractivity contribution is 6.05. The molecule has 2 aromatic rings. The minimum atomic E-state index is -1.06. The number of ether oxygens (including phenoxy) is 1. The van der Waals surface area contributed by atoms with Crippen LogP contribution in [-0.2, 0) is 9.53 Å². The van der Waals surface area contributed by atoms with Gasteiger partial charge in [0, 0.05) is 18.1 Å². The molecule has 0 spiro atoms. The normalized spacial score (nSPS) is 18.7. The molecule has 1 aromatic carbocycles. The van der Waals surface area contributed by atoms with E-state index in [2.05, 4.69) is 4.98 Å². The molecule has 21 heavy (non-hydrogen) atoms. The molecule has 1 N–H and O–H groups in total. The van der Waals surface area contributed by atoms with Crippen LogP contribution in [0.2, 0.25) is 0 Å². The van der Waals surface area contributed by atoms with Gasteiger partial charge in [0.2, 0.25) is 0 Å². The first-order valence-corrected chi connectivity index (χ1v) is 6.64. The molecule has 1 atom stereocenters. The van der Waals surface area contributed by atoms with Crippen molar-refractivity contribution in [2.75, 3.05) is 19.7 Å². The lowest BCUT2D eigenvalue weighted by Gasteiger charge is -2.30. The van der Waals surface area contributed by atoms with Gasteiger partial charge in [-0.05, 0) is 11.5 Å². The number of rotatable bonds is 2. The summed E-state index contributed by atoms with van der Waals surface area (Å²) in [7, 11) is 0. The summed E-state index contributed by atoms with van der Waals surface area (Å²) in [5.74, 6) is -1.32. The number of pyridine rings is 1. The number of hydrogen-bond donors (Lipinski definition) is 1. The Hall–Kier alpha value is -2.47. The van der Waals surface area contributed by atoms with Gasteiger partial charge in [0.05, 0.1) is 13.2 Å². The lowest BCUT2D eigenvalue weighted by atomic mass is 10.1. The number of carbonyl (C=O) groups excluding carboxylic acids is 1. The minimum Gasteiger partial charge on any atom is -0.479 e. The Morgan fingerprint density at radius 1 is 1.29 bits per heavy atom.